The Kier molecular flexibility index (Phi) is 9.05. The van der Waals surface area contributed by atoms with Crippen LogP contribution in [-0.4, -0.2) is 4.57 Å². The van der Waals surface area contributed by atoms with E-state index in [1.54, 1.807) is 0 Å². The van der Waals surface area contributed by atoms with Gasteiger partial charge in [-0.25, -0.2) is 0 Å². The topological polar surface area (TPSA) is 11.4 Å². The van der Waals surface area contributed by atoms with Gasteiger partial charge in [-0.15, -0.1) is 0 Å². The smallest absolute Gasteiger partial charge is 0.0782 e. The van der Waals surface area contributed by atoms with E-state index in [1.165, 1.54) is 44.2 Å². The Morgan fingerprint density at radius 3 is 1.34 bits per heavy atom. The van der Waals surface area contributed by atoms with Gasteiger partial charge in [-0.05, 0) is 112 Å². The van der Waals surface area contributed by atoms with E-state index >= 15 is 0 Å². The molecule has 64 heavy (non-hydrogen) atoms. The normalized spacial score (nSPS) is 12.5. The third-order valence-corrected chi connectivity index (χ3v) is 13.0. The van der Waals surface area contributed by atoms with E-state index in [4.69, 9.17) is 0 Å². The van der Waals surface area contributed by atoms with E-state index < -0.39 is 5.41 Å². The fourth-order valence-electron chi connectivity index (χ4n) is 10.4. The molecule has 302 valence electrons. The molecule has 1 aliphatic rings. The molecule has 11 aromatic rings. The highest BCUT2D eigenvalue weighted by Crippen LogP contribution is 2.56. The SMILES string of the molecule is c1ccc(N(c2ccccc2)c2ccc3c4cccc(N(c5ccccc5)c5ccc(C6(c7ccccc7)c7ccccc7-c7ccccc76)cc5)c4n(-c4ccccc4)c3c2)cc1. The van der Waals surface area contributed by atoms with Crippen LogP contribution in [0, 0.1) is 0 Å². The van der Waals surface area contributed by atoms with E-state index in [-0.39, 0.29) is 0 Å². The minimum absolute atomic E-state index is 0.477. The molecule has 0 unspecified atom stereocenters. The maximum atomic E-state index is 2.46. The lowest BCUT2D eigenvalue weighted by atomic mass is 9.68. The predicted molar refractivity (Wildman–Crippen MR) is 267 cm³/mol. The summed E-state index contributed by atoms with van der Waals surface area (Å²) in [4.78, 5) is 4.77. The molecule has 0 aliphatic heterocycles. The van der Waals surface area contributed by atoms with Gasteiger partial charge in [0.15, 0.2) is 0 Å². The second-order valence-corrected chi connectivity index (χ2v) is 16.5. The van der Waals surface area contributed by atoms with Crippen molar-refractivity contribution in [2.75, 3.05) is 9.80 Å². The van der Waals surface area contributed by atoms with Gasteiger partial charge in [0, 0.05) is 44.9 Å². The third kappa shape index (κ3) is 5.90. The quantitative estimate of drug-likeness (QED) is 0.144. The first-order valence-electron chi connectivity index (χ1n) is 22.0. The van der Waals surface area contributed by atoms with Crippen LogP contribution in [0.3, 0.4) is 0 Å². The fourth-order valence-corrected chi connectivity index (χ4v) is 10.4. The largest absolute Gasteiger partial charge is 0.310 e. The molecule has 0 bridgehead atoms. The van der Waals surface area contributed by atoms with E-state index in [1.807, 2.05) is 0 Å². The van der Waals surface area contributed by atoms with Crippen LogP contribution in [0.4, 0.5) is 34.1 Å². The van der Waals surface area contributed by atoms with E-state index in [0.717, 1.165) is 50.8 Å². The summed E-state index contributed by atoms with van der Waals surface area (Å²) in [7, 11) is 0. The maximum absolute atomic E-state index is 2.46. The van der Waals surface area contributed by atoms with Crippen LogP contribution in [0.5, 0.6) is 0 Å². The lowest BCUT2D eigenvalue weighted by Gasteiger charge is -2.34. The van der Waals surface area contributed by atoms with Gasteiger partial charge in [-0.1, -0.05) is 182 Å². The number of fused-ring (bicyclic) bond motifs is 6. The standard InChI is InChI=1S/C61H43N3/c1-6-21-44(22-7-1)61(56-34-18-16-31-52(56)53-32-17-19-35-57(53)61)45-37-39-50(40-38-45)63(48-27-12-4-13-28-48)58-36-20-33-55-54-42-41-51(43-59(54)64(60(55)58)49-29-14-5-15-30-49)62(46-23-8-2-9-24-46)47-25-10-3-11-26-47/h1-43H. The van der Waals surface area contributed by atoms with Crippen LogP contribution >= 0.6 is 0 Å². The van der Waals surface area contributed by atoms with Gasteiger partial charge in [0.25, 0.3) is 0 Å². The highest BCUT2D eigenvalue weighted by molar-refractivity contribution is 6.15. The van der Waals surface area contributed by atoms with E-state index in [0.29, 0.717) is 0 Å². The zero-order valence-electron chi connectivity index (χ0n) is 35.2. The predicted octanol–water partition coefficient (Wildman–Crippen LogP) is 16.1. The number of nitrogens with zero attached hydrogens (tertiary/aromatic N) is 3. The first kappa shape index (κ1) is 37.4. The van der Waals surface area contributed by atoms with Crippen LogP contribution in [0.15, 0.2) is 261 Å². The molecule has 0 amide bonds. The van der Waals surface area contributed by atoms with E-state index in [2.05, 4.69) is 275 Å². The number of para-hydroxylation sites is 5. The number of benzene rings is 10. The van der Waals surface area contributed by atoms with Crippen molar-refractivity contribution in [3.8, 4) is 16.8 Å². The Hall–Kier alpha value is -8.40. The zero-order valence-corrected chi connectivity index (χ0v) is 35.2. The van der Waals surface area contributed by atoms with Gasteiger partial charge in [0.1, 0.15) is 0 Å². The Labute approximate surface area is 374 Å². The van der Waals surface area contributed by atoms with Gasteiger partial charge in [0.05, 0.1) is 22.1 Å². The van der Waals surface area contributed by atoms with Crippen molar-refractivity contribution in [2.45, 2.75) is 5.41 Å². The Morgan fingerprint density at radius 2 is 0.766 bits per heavy atom. The highest BCUT2D eigenvalue weighted by Gasteiger charge is 2.45. The zero-order chi connectivity index (χ0) is 42.5. The van der Waals surface area contributed by atoms with Crippen molar-refractivity contribution < 1.29 is 0 Å². The third-order valence-electron chi connectivity index (χ3n) is 13.0. The van der Waals surface area contributed by atoms with Gasteiger partial charge in [0.2, 0.25) is 0 Å². The lowest BCUT2D eigenvalue weighted by Crippen LogP contribution is -2.28. The summed E-state index contributed by atoms with van der Waals surface area (Å²) < 4.78 is 2.46. The summed E-state index contributed by atoms with van der Waals surface area (Å²) in [6, 6.07) is 94.8. The molecule has 0 N–H and O–H groups in total. The molecular formula is C61H43N3. The molecule has 0 radical (unpaired) electrons. The molecule has 0 atom stereocenters. The van der Waals surface area contributed by atoms with Crippen LogP contribution in [-0.2, 0) is 5.41 Å². The van der Waals surface area contributed by atoms with Crippen molar-refractivity contribution in [1.82, 2.24) is 4.57 Å². The molecule has 0 saturated carbocycles. The Balaban J connectivity index is 1.08. The monoisotopic (exact) mass is 817 g/mol. The first-order valence-corrected chi connectivity index (χ1v) is 22.0. The summed E-state index contributed by atoms with van der Waals surface area (Å²) in [5, 5.41) is 2.38. The molecule has 10 aromatic carbocycles. The maximum Gasteiger partial charge on any atom is 0.0782 e. The molecule has 1 aromatic heterocycles. The van der Waals surface area contributed by atoms with Gasteiger partial charge >= 0.3 is 0 Å². The number of rotatable bonds is 9. The molecule has 0 fully saturated rings. The second kappa shape index (κ2) is 15.5. The molecule has 0 spiro atoms. The minimum atomic E-state index is -0.477. The summed E-state index contributed by atoms with van der Waals surface area (Å²) in [6.45, 7) is 0. The summed E-state index contributed by atoms with van der Waals surface area (Å²) in [5.74, 6) is 0. The highest BCUT2D eigenvalue weighted by atomic mass is 15.2. The van der Waals surface area contributed by atoms with Crippen LogP contribution in [0.25, 0.3) is 38.6 Å². The van der Waals surface area contributed by atoms with Crippen LogP contribution < -0.4 is 9.80 Å². The molecule has 12 rings (SSSR count). The van der Waals surface area contributed by atoms with Crippen molar-refractivity contribution >= 4 is 55.9 Å². The average molecular weight is 818 g/mol. The number of aromatic nitrogens is 1. The van der Waals surface area contributed by atoms with Crippen molar-refractivity contribution in [2.24, 2.45) is 0 Å². The number of hydrogen-bond donors (Lipinski definition) is 0. The Bertz CT molecular complexity index is 3330. The van der Waals surface area contributed by atoms with Crippen molar-refractivity contribution in [1.29, 1.82) is 0 Å². The van der Waals surface area contributed by atoms with E-state index in [9.17, 15) is 0 Å². The number of hydrogen-bond acceptors (Lipinski definition) is 2. The lowest BCUT2D eigenvalue weighted by molar-refractivity contribution is 0.768. The minimum Gasteiger partial charge on any atom is -0.310 e. The fraction of sp³-hybridized carbons (Fsp3) is 0.0164. The van der Waals surface area contributed by atoms with Crippen LogP contribution in [0.1, 0.15) is 22.3 Å². The van der Waals surface area contributed by atoms with Crippen molar-refractivity contribution in [3.05, 3.63) is 283 Å². The van der Waals surface area contributed by atoms with Gasteiger partial charge < -0.3 is 14.4 Å². The molecule has 1 heterocycles. The molecule has 3 heteroatoms. The molecule has 0 saturated heterocycles. The molecule has 1 aliphatic carbocycles. The summed E-state index contributed by atoms with van der Waals surface area (Å²) >= 11 is 0. The Morgan fingerprint density at radius 1 is 0.312 bits per heavy atom. The molecule has 3 nitrogen and oxygen atoms in total. The molecular weight excluding hydrogens is 775 g/mol. The van der Waals surface area contributed by atoms with Gasteiger partial charge in [-0.2, -0.15) is 0 Å². The first-order chi connectivity index (χ1) is 31.8. The summed E-state index contributed by atoms with van der Waals surface area (Å²) in [5.41, 5.74) is 17.1. The average Bonchev–Trinajstić information content (AvgIpc) is 3.87. The second-order valence-electron chi connectivity index (χ2n) is 16.5. The van der Waals surface area contributed by atoms with Crippen molar-refractivity contribution in [3.63, 3.8) is 0 Å². The van der Waals surface area contributed by atoms with Crippen LogP contribution in [0.2, 0.25) is 0 Å². The van der Waals surface area contributed by atoms with Gasteiger partial charge in [-0.3, -0.25) is 0 Å². The number of anilines is 6. The summed E-state index contributed by atoms with van der Waals surface area (Å²) in [6.07, 6.45) is 0.